The van der Waals surface area contributed by atoms with Crippen LogP contribution in [0.15, 0.2) is 90.5 Å². The molecule has 10 nitrogen and oxygen atoms in total. The van der Waals surface area contributed by atoms with Gasteiger partial charge >= 0.3 is 0 Å². The Labute approximate surface area is 265 Å². The summed E-state index contributed by atoms with van der Waals surface area (Å²) in [6.07, 6.45) is 5.97. The van der Waals surface area contributed by atoms with Gasteiger partial charge in [0.25, 0.3) is 23.6 Å². The summed E-state index contributed by atoms with van der Waals surface area (Å²) >= 11 is 0. The number of hydrazine groups is 1. The van der Waals surface area contributed by atoms with E-state index < -0.39 is 58.6 Å². The van der Waals surface area contributed by atoms with Gasteiger partial charge in [-0.1, -0.05) is 77.9 Å². The van der Waals surface area contributed by atoms with Gasteiger partial charge < -0.3 is 9.84 Å². The molecule has 2 aliphatic carbocycles. The molecule has 7 rings (SSSR count). The number of amides is 4. The molecule has 46 heavy (non-hydrogen) atoms. The lowest BCUT2D eigenvalue weighted by Gasteiger charge is -2.49. The van der Waals surface area contributed by atoms with Crippen molar-refractivity contribution < 1.29 is 34.2 Å². The van der Waals surface area contributed by atoms with Gasteiger partial charge in [-0.3, -0.25) is 29.8 Å². The maximum Gasteiger partial charge on any atom is 0.260 e. The Morgan fingerprint density at radius 2 is 1.67 bits per heavy atom. The van der Waals surface area contributed by atoms with E-state index in [4.69, 9.17) is 4.74 Å². The van der Waals surface area contributed by atoms with Crippen LogP contribution >= 0.6 is 0 Å². The Kier molecular flexibility index (Phi) is 7.05. The second-order valence-corrected chi connectivity index (χ2v) is 12.4. The van der Waals surface area contributed by atoms with E-state index in [1.807, 2.05) is 67.6 Å². The standard InChI is InChI=1S/C36H33N3O7/c1-20-8-12-23(13-9-20)37-38-33(42)28-19-26-24(14-15-25-31(26)34(43)39(45)32(25)41)27(16-10-21-11-17-29(40)30(18-21)46-2)36(28,35(38)44)22-6-4-3-5-7-22/h3-14,16-18,25-28,31,37,40,45H,15,19H2,1-2H3. The number of imide groups is 2. The number of hydrogen-bond donors (Lipinski definition) is 3. The summed E-state index contributed by atoms with van der Waals surface area (Å²) in [5, 5.41) is 21.8. The zero-order valence-electron chi connectivity index (χ0n) is 25.3. The molecule has 3 aromatic rings. The van der Waals surface area contributed by atoms with Crippen LogP contribution < -0.4 is 10.2 Å². The van der Waals surface area contributed by atoms with Crippen LogP contribution in [0.4, 0.5) is 5.69 Å². The van der Waals surface area contributed by atoms with E-state index in [0.717, 1.165) is 16.1 Å². The molecule has 6 atom stereocenters. The van der Waals surface area contributed by atoms with Gasteiger partial charge in [-0.05, 0) is 61.1 Å². The highest BCUT2D eigenvalue weighted by Crippen LogP contribution is 2.61. The van der Waals surface area contributed by atoms with Crippen molar-refractivity contribution in [2.24, 2.45) is 29.6 Å². The van der Waals surface area contributed by atoms with Gasteiger partial charge in [0.1, 0.15) is 0 Å². The number of rotatable bonds is 6. The van der Waals surface area contributed by atoms with Crippen molar-refractivity contribution in [1.82, 2.24) is 10.1 Å². The molecule has 2 aliphatic heterocycles. The smallest absolute Gasteiger partial charge is 0.260 e. The molecule has 3 fully saturated rings. The summed E-state index contributed by atoms with van der Waals surface area (Å²) < 4.78 is 5.30. The fraction of sp³-hybridized carbons (Fsp3) is 0.278. The molecule has 0 radical (unpaired) electrons. The molecule has 10 heteroatoms. The van der Waals surface area contributed by atoms with Crippen molar-refractivity contribution >= 4 is 35.4 Å². The normalized spacial score (nSPS) is 28.7. The Morgan fingerprint density at radius 3 is 2.39 bits per heavy atom. The van der Waals surface area contributed by atoms with Crippen molar-refractivity contribution in [2.45, 2.75) is 25.2 Å². The van der Waals surface area contributed by atoms with Crippen LogP contribution in [-0.4, -0.2) is 51.1 Å². The largest absolute Gasteiger partial charge is 0.504 e. The van der Waals surface area contributed by atoms with Crippen molar-refractivity contribution in [3.8, 4) is 11.5 Å². The Morgan fingerprint density at radius 1 is 0.935 bits per heavy atom. The number of fused-ring (bicyclic) bond motifs is 4. The van der Waals surface area contributed by atoms with Crippen LogP contribution in [0, 0.1) is 36.5 Å². The predicted molar refractivity (Wildman–Crippen MR) is 167 cm³/mol. The predicted octanol–water partition coefficient (Wildman–Crippen LogP) is 4.63. The van der Waals surface area contributed by atoms with E-state index in [2.05, 4.69) is 5.43 Å². The third-order valence-electron chi connectivity index (χ3n) is 10.1. The number of phenolic OH excluding ortho intramolecular Hbond substituents is 1. The third kappa shape index (κ3) is 4.28. The molecule has 2 heterocycles. The number of nitrogens with one attached hydrogen (secondary N) is 1. The molecule has 4 amide bonds. The van der Waals surface area contributed by atoms with Crippen LogP contribution in [0.5, 0.6) is 11.5 Å². The minimum atomic E-state index is -1.38. The maximum absolute atomic E-state index is 14.9. The molecule has 0 bridgehead atoms. The summed E-state index contributed by atoms with van der Waals surface area (Å²) in [5.74, 6) is -5.67. The second-order valence-electron chi connectivity index (χ2n) is 12.4. The van der Waals surface area contributed by atoms with Gasteiger partial charge in [-0.25, -0.2) is 0 Å². The lowest BCUT2D eigenvalue weighted by atomic mass is 9.50. The molecule has 0 spiro atoms. The summed E-state index contributed by atoms with van der Waals surface area (Å²) in [7, 11) is 1.45. The Bertz CT molecular complexity index is 1820. The number of aryl methyl sites for hydroxylation is 1. The minimum Gasteiger partial charge on any atom is -0.504 e. The summed E-state index contributed by atoms with van der Waals surface area (Å²) in [4.78, 5) is 55.6. The van der Waals surface area contributed by atoms with E-state index in [9.17, 15) is 29.5 Å². The number of anilines is 1. The fourth-order valence-electron chi connectivity index (χ4n) is 7.98. The SMILES string of the molecule is COc1cc(C=CC2C3=CCC4C(=O)N(O)C(=O)C4C3CC3C(=O)N(Nc4ccc(C)cc4)C(=O)C23c2ccccc2)ccc1O. The van der Waals surface area contributed by atoms with Gasteiger partial charge in [0.15, 0.2) is 11.5 Å². The molecule has 3 N–H and O–H groups in total. The summed E-state index contributed by atoms with van der Waals surface area (Å²) in [5.41, 5.74) is 5.39. The zero-order valence-corrected chi connectivity index (χ0v) is 25.3. The lowest BCUT2D eigenvalue weighted by Crippen LogP contribution is -2.54. The number of phenols is 1. The highest BCUT2D eigenvalue weighted by molar-refractivity contribution is 6.12. The molecule has 234 valence electrons. The first-order valence-electron chi connectivity index (χ1n) is 15.3. The summed E-state index contributed by atoms with van der Waals surface area (Å²) in [6, 6.07) is 21.5. The van der Waals surface area contributed by atoms with Gasteiger partial charge in [0.2, 0.25) is 0 Å². The topological polar surface area (TPSA) is 136 Å². The highest BCUT2D eigenvalue weighted by Gasteiger charge is 2.69. The minimum absolute atomic E-state index is 0.0217. The average molecular weight is 620 g/mol. The van der Waals surface area contributed by atoms with Crippen molar-refractivity contribution in [3.05, 3.63) is 107 Å². The van der Waals surface area contributed by atoms with Gasteiger partial charge in [0.05, 0.1) is 36.0 Å². The van der Waals surface area contributed by atoms with Gasteiger partial charge in [-0.15, -0.1) is 0 Å². The quantitative estimate of drug-likeness (QED) is 0.207. The van der Waals surface area contributed by atoms with Gasteiger partial charge in [-0.2, -0.15) is 10.1 Å². The first-order chi connectivity index (χ1) is 22.2. The lowest BCUT2D eigenvalue weighted by molar-refractivity contribution is -0.173. The highest BCUT2D eigenvalue weighted by atomic mass is 16.5. The first-order valence-corrected chi connectivity index (χ1v) is 15.3. The molecule has 4 aliphatic rings. The number of nitrogens with zero attached hydrogens (tertiary/aromatic N) is 2. The number of allylic oxidation sites excluding steroid dienone is 3. The monoisotopic (exact) mass is 619 g/mol. The van der Waals surface area contributed by atoms with E-state index in [1.165, 1.54) is 13.2 Å². The van der Waals surface area contributed by atoms with Crippen LogP contribution in [-0.2, 0) is 24.6 Å². The van der Waals surface area contributed by atoms with Crippen molar-refractivity contribution in [1.29, 1.82) is 0 Å². The first kappa shape index (κ1) is 29.5. The second kappa shape index (κ2) is 11.0. The van der Waals surface area contributed by atoms with E-state index in [0.29, 0.717) is 16.8 Å². The maximum atomic E-state index is 14.9. The van der Waals surface area contributed by atoms with Crippen LogP contribution in [0.3, 0.4) is 0 Å². The molecule has 3 aromatic carbocycles. The Balaban J connectivity index is 1.42. The molecule has 6 unspecified atom stereocenters. The number of hydrogen-bond acceptors (Lipinski definition) is 8. The number of hydroxylamine groups is 2. The van der Waals surface area contributed by atoms with Crippen molar-refractivity contribution in [3.63, 3.8) is 0 Å². The van der Waals surface area contributed by atoms with Crippen LogP contribution in [0.2, 0.25) is 0 Å². The van der Waals surface area contributed by atoms with E-state index >= 15 is 0 Å². The van der Waals surface area contributed by atoms with Crippen LogP contribution in [0.1, 0.15) is 29.5 Å². The molecular formula is C36H33N3O7. The van der Waals surface area contributed by atoms with E-state index in [1.54, 1.807) is 24.3 Å². The number of carbonyl (C=O) groups excluding carboxylic acids is 4. The Hall–Kier alpha value is -5.22. The number of ether oxygens (including phenoxy) is 1. The third-order valence-corrected chi connectivity index (χ3v) is 10.1. The molecule has 0 aromatic heterocycles. The van der Waals surface area contributed by atoms with Crippen molar-refractivity contribution in [2.75, 3.05) is 12.5 Å². The molecule has 2 saturated heterocycles. The van der Waals surface area contributed by atoms with Gasteiger partial charge in [0, 0.05) is 5.92 Å². The zero-order chi connectivity index (χ0) is 32.3. The number of methoxy groups -OCH3 is 1. The van der Waals surface area contributed by atoms with E-state index in [-0.39, 0.29) is 29.4 Å². The average Bonchev–Trinajstić information content (AvgIpc) is 3.42. The number of carbonyl (C=O) groups is 4. The molecular weight excluding hydrogens is 586 g/mol. The molecule has 1 saturated carbocycles. The number of benzene rings is 3. The fourth-order valence-corrected chi connectivity index (χ4v) is 7.98. The number of aromatic hydroxyl groups is 1. The summed E-state index contributed by atoms with van der Waals surface area (Å²) in [6.45, 7) is 1.95. The van der Waals surface area contributed by atoms with Crippen LogP contribution in [0.25, 0.3) is 6.08 Å².